The fourth-order valence-corrected chi connectivity index (χ4v) is 6.88. The lowest BCUT2D eigenvalue weighted by molar-refractivity contribution is -0.123. The lowest BCUT2D eigenvalue weighted by Gasteiger charge is -2.33. The standard InChI is InChI=1S/C25H26FN5O4S2/c1-35-20-5-8-22-23(17-20)36-25(28-22)31(16-15-29-12-2-11-27-29)24(32)18-9-13-30(14-10-18)37(33,34)21-6-3-19(26)4-7-21/h2-8,11-12,17-18H,9-10,13-16H2,1H3. The molecule has 0 spiro atoms. The molecule has 0 saturated carbocycles. The van der Waals surface area contributed by atoms with Crippen molar-refractivity contribution >= 4 is 42.6 Å². The summed E-state index contributed by atoms with van der Waals surface area (Å²) in [5, 5.41) is 4.82. The van der Waals surface area contributed by atoms with Crippen LogP contribution in [-0.2, 0) is 21.4 Å². The zero-order valence-corrected chi connectivity index (χ0v) is 21.8. The number of sulfonamides is 1. The number of thiazole rings is 1. The monoisotopic (exact) mass is 543 g/mol. The van der Waals surface area contributed by atoms with Crippen LogP contribution < -0.4 is 9.64 Å². The number of carbonyl (C=O) groups excluding carboxylic acids is 1. The van der Waals surface area contributed by atoms with Crippen molar-refractivity contribution in [1.82, 2.24) is 19.1 Å². The predicted molar refractivity (Wildman–Crippen MR) is 139 cm³/mol. The number of amides is 1. The maximum atomic E-state index is 13.8. The molecule has 1 amide bonds. The number of hydrogen-bond donors (Lipinski definition) is 0. The van der Waals surface area contributed by atoms with Crippen LogP contribution in [0.2, 0.25) is 0 Å². The molecular weight excluding hydrogens is 517 g/mol. The number of fused-ring (bicyclic) bond motifs is 1. The van der Waals surface area contributed by atoms with Gasteiger partial charge in [-0.15, -0.1) is 0 Å². The Hall–Kier alpha value is -3.35. The van der Waals surface area contributed by atoms with E-state index in [0.29, 0.717) is 36.8 Å². The van der Waals surface area contributed by atoms with Gasteiger partial charge in [0, 0.05) is 37.9 Å². The molecule has 1 aliphatic heterocycles. The van der Waals surface area contributed by atoms with Gasteiger partial charge in [0.05, 0.1) is 28.8 Å². The number of aromatic nitrogens is 3. The Balaban J connectivity index is 1.34. The van der Waals surface area contributed by atoms with Crippen LogP contribution in [-0.4, -0.2) is 60.1 Å². The Kier molecular flexibility index (Phi) is 7.22. The molecule has 0 aliphatic carbocycles. The summed E-state index contributed by atoms with van der Waals surface area (Å²) in [7, 11) is -2.15. The first-order valence-corrected chi connectivity index (χ1v) is 14.1. The Labute approximate surface area is 218 Å². The largest absolute Gasteiger partial charge is 0.497 e. The maximum absolute atomic E-state index is 13.8. The molecule has 1 aliphatic rings. The van der Waals surface area contributed by atoms with E-state index in [-0.39, 0.29) is 29.8 Å². The number of rotatable bonds is 8. The SMILES string of the molecule is COc1ccc2nc(N(CCn3cccn3)C(=O)C3CCN(S(=O)(=O)c4ccc(F)cc4)CC3)sc2c1. The van der Waals surface area contributed by atoms with Gasteiger partial charge >= 0.3 is 0 Å². The second kappa shape index (κ2) is 10.6. The first kappa shape index (κ1) is 25.3. The molecule has 1 saturated heterocycles. The molecular formula is C25H26FN5O4S2. The number of carbonyl (C=O) groups is 1. The molecule has 12 heteroatoms. The van der Waals surface area contributed by atoms with Crippen LogP contribution in [0.15, 0.2) is 65.8 Å². The highest BCUT2D eigenvalue weighted by molar-refractivity contribution is 7.89. The second-order valence-electron chi connectivity index (χ2n) is 8.72. The summed E-state index contributed by atoms with van der Waals surface area (Å²) >= 11 is 1.42. The van der Waals surface area contributed by atoms with E-state index in [4.69, 9.17) is 9.72 Å². The third kappa shape index (κ3) is 5.36. The van der Waals surface area contributed by atoms with Gasteiger partial charge in [0.15, 0.2) is 5.13 Å². The number of methoxy groups -OCH3 is 1. The zero-order valence-electron chi connectivity index (χ0n) is 20.2. The Morgan fingerprint density at radius 2 is 1.95 bits per heavy atom. The minimum Gasteiger partial charge on any atom is -0.497 e. The van der Waals surface area contributed by atoms with Crippen LogP contribution >= 0.6 is 11.3 Å². The molecule has 37 heavy (non-hydrogen) atoms. The molecule has 2 aromatic heterocycles. The number of ether oxygens (including phenoxy) is 1. The maximum Gasteiger partial charge on any atom is 0.243 e. The molecule has 0 unspecified atom stereocenters. The number of hydrogen-bond acceptors (Lipinski definition) is 7. The van der Waals surface area contributed by atoms with Crippen molar-refractivity contribution in [2.24, 2.45) is 5.92 Å². The van der Waals surface area contributed by atoms with E-state index < -0.39 is 15.8 Å². The Morgan fingerprint density at radius 1 is 1.19 bits per heavy atom. The molecule has 194 valence electrons. The van der Waals surface area contributed by atoms with Crippen molar-refractivity contribution in [3.05, 3.63) is 66.7 Å². The van der Waals surface area contributed by atoms with Gasteiger partial charge < -0.3 is 4.74 Å². The van der Waals surface area contributed by atoms with Crippen molar-refractivity contribution in [2.45, 2.75) is 24.3 Å². The van der Waals surface area contributed by atoms with E-state index in [1.165, 1.54) is 27.8 Å². The molecule has 2 aromatic carbocycles. The van der Waals surface area contributed by atoms with Crippen molar-refractivity contribution in [3.8, 4) is 5.75 Å². The third-order valence-electron chi connectivity index (χ3n) is 6.45. The van der Waals surface area contributed by atoms with Crippen LogP contribution in [0.5, 0.6) is 5.75 Å². The predicted octanol–water partition coefficient (Wildman–Crippen LogP) is 3.77. The molecule has 3 heterocycles. The topological polar surface area (TPSA) is 97.6 Å². The van der Waals surface area contributed by atoms with Gasteiger partial charge in [-0.1, -0.05) is 11.3 Å². The van der Waals surface area contributed by atoms with Crippen LogP contribution in [0.25, 0.3) is 10.2 Å². The normalized spacial score (nSPS) is 15.2. The molecule has 5 rings (SSSR count). The summed E-state index contributed by atoms with van der Waals surface area (Å²) < 4.78 is 48.6. The van der Waals surface area contributed by atoms with Crippen LogP contribution in [0, 0.1) is 11.7 Å². The molecule has 1 fully saturated rings. The number of halogens is 1. The lowest BCUT2D eigenvalue weighted by Crippen LogP contribution is -2.45. The van der Waals surface area contributed by atoms with E-state index >= 15 is 0 Å². The van der Waals surface area contributed by atoms with Crippen molar-refractivity contribution in [3.63, 3.8) is 0 Å². The summed E-state index contributed by atoms with van der Waals surface area (Å²) in [4.78, 5) is 20.2. The smallest absolute Gasteiger partial charge is 0.243 e. The van der Waals surface area contributed by atoms with Gasteiger partial charge in [0.1, 0.15) is 11.6 Å². The van der Waals surface area contributed by atoms with E-state index in [0.717, 1.165) is 22.3 Å². The third-order valence-corrected chi connectivity index (χ3v) is 9.40. The fourth-order valence-electron chi connectivity index (χ4n) is 4.39. The summed E-state index contributed by atoms with van der Waals surface area (Å²) in [5.41, 5.74) is 0.776. The number of anilines is 1. The summed E-state index contributed by atoms with van der Waals surface area (Å²) in [6.07, 6.45) is 4.30. The molecule has 0 bridgehead atoms. The van der Waals surface area contributed by atoms with Gasteiger partial charge in [0.25, 0.3) is 0 Å². The van der Waals surface area contributed by atoms with Crippen molar-refractivity contribution < 1.29 is 22.3 Å². The number of benzene rings is 2. The fraction of sp³-hybridized carbons (Fsp3) is 0.320. The molecule has 4 aromatic rings. The highest BCUT2D eigenvalue weighted by Crippen LogP contribution is 2.33. The van der Waals surface area contributed by atoms with Crippen LogP contribution in [0.3, 0.4) is 0 Å². The van der Waals surface area contributed by atoms with Crippen LogP contribution in [0.1, 0.15) is 12.8 Å². The summed E-state index contributed by atoms with van der Waals surface area (Å²) in [6, 6.07) is 12.2. The highest BCUT2D eigenvalue weighted by atomic mass is 32.2. The van der Waals surface area contributed by atoms with Gasteiger partial charge in [0.2, 0.25) is 15.9 Å². The molecule has 0 radical (unpaired) electrons. The Morgan fingerprint density at radius 3 is 2.62 bits per heavy atom. The van der Waals surface area contributed by atoms with Gasteiger partial charge in [-0.2, -0.15) is 9.40 Å². The highest BCUT2D eigenvalue weighted by Gasteiger charge is 2.35. The quantitative estimate of drug-likeness (QED) is 0.336. The summed E-state index contributed by atoms with van der Waals surface area (Å²) in [6.45, 7) is 1.29. The van der Waals surface area contributed by atoms with Crippen molar-refractivity contribution in [1.29, 1.82) is 0 Å². The zero-order chi connectivity index (χ0) is 26.0. The second-order valence-corrected chi connectivity index (χ2v) is 11.7. The average molecular weight is 544 g/mol. The van der Waals surface area contributed by atoms with Crippen LogP contribution in [0.4, 0.5) is 9.52 Å². The van der Waals surface area contributed by atoms with Gasteiger partial charge in [-0.05, 0) is 61.4 Å². The van der Waals surface area contributed by atoms with E-state index in [1.807, 2.05) is 30.5 Å². The minimum absolute atomic E-state index is 0.0458. The first-order chi connectivity index (χ1) is 17.8. The van der Waals surface area contributed by atoms with E-state index in [2.05, 4.69) is 5.10 Å². The lowest BCUT2D eigenvalue weighted by atomic mass is 9.96. The number of piperidine rings is 1. The van der Waals surface area contributed by atoms with Gasteiger partial charge in [-0.25, -0.2) is 17.8 Å². The minimum atomic E-state index is -3.76. The molecule has 0 atom stereocenters. The van der Waals surface area contributed by atoms with Gasteiger partial charge in [-0.3, -0.25) is 14.4 Å². The molecule has 0 N–H and O–H groups in total. The summed E-state index contributed by atoms with van der Waals surface area (Å²) in [5.74, 6) is -0.213. The van der Waals surface area contributed by atoms with Crippen molar-refractivity contribution in [2.75, 3.05) is 31.6 Å². The first-order valence-electron chi connectivity index (χ1n) is 11.8. The van der Waals surface area contributed by atoms with E-state index in [1.54, 1.807) is 22.9 Å². The average Bonchev–Trinajstić information content (AvgIpc) is 3.58. The number of nitrogens with zero attached hydrogens (tertiary/aromatic N) is 5. The van der Waals surface area contributed by atoms with E-state index in [9.17, 15) is 17.6 Å². The Bertz CT molecular complexity index is 1480. The molecule has 9 nitrogen and oxygen atoms in total.